The van der Waals surface area contributed by atoms with Crippen molar-refractivity contribution in [3.8, 4) is 0 Å². The zero-order valence-corrected chi connectivity index (χ0v) is 11.5. The average molecular weight is 261 g/mol. The summed E-state index contributed by atoms with van der Waals surface area (Å²) in [5.41, 5.74) is 3.95. The molecule has 0 saturated heterocycles. The van der Waals surface area contributed by atoms with Crippen LogP contribution in [0.3, 0.4) is 0 Å². The zero-order chi connectivity index (χ0) is 12.6. The number of ether oxygens (including phenoxy) is 1. The second-order valence-corrected chi connectivity index (χ2v) is 4.99. The highest BCUT2D eigenvalue weighted by Gasteiger charge is 2.01. The van der Waals surface area contributed by atoms with Gasteiger partial charge in [-0.3, -0.25) is 0 Å². The number of hydrogen-bond donors (Lipinski definition) is 1. The smallest absolute Gasteiger partial charge is 0.0503 e. The van der Waals surface area contributed by atoms with Crippen LogP contribution in [-0.4, -0.2) is 20.3 Å². The van der Waals surface area contributed by atoms with Gasteiger partial charge in [-0.05, 0) is 46.9 Å². The summed E-state index contributed by atoms with van der Waals surface area (Å²) in [6.07, 6.45) is 2.03. The standard InChI is InChI=1S/C15H19NOS/c1-17-10-7-14-4-2-3-5-15(14)16-9-6-13-8-11-18-12-13/h2-5,8,11-12,16H,6-7,9-10H2,1H3. The largest absolute Gasteiger partial charge is 0.384 e. The molecule has 96 valence electrons. The highest BCUT2D eigenvalue weighted by Crippen LogP contribution is 2.16. The Morgan fingerprint density at radius 2 is 2.06 bits per heavy atom. The minimum atomic E-state index is 0.767. The third kappa shape index (κ3) is 3.86. The molecule has 0 aliphatic carbocycles. The number of para-hydroxylation sites is 1. The van der Waals surface area contributed by atoms with Crippen molar-refractivity contribution >= 4 is 17.0 Å². The first-order chi connectivity index (χ1) is 8.90. The Morgan fingerprint density at radius 3 is 2.83 bits per heavy atom. The van der Waals surface area contributed by atoms with Gasteiger partial charge >= 0.3 is 0 Å². The van der Waals surface area contributed by atoms with Gasteiger partial charge in [-0.25, -0.2) is 0 Å². The van der Waals surface area contributed by atoms with E-state index in [4.69, 9.17) is 4.74 Å². The number of anilines is 1. The SMILES string of the molecule is COCCc1ccccc1NCCc1ccsc1. The van der Waals surface area contributed by atoms with E-state index in [0.717, 1.165) is 26.0 Å². The Labute approximate surface area is 113 Å². The van der Waals surface area contributed by atoms with Crippen LogP contribution >= 0.6 is 11.3 Å². The van der Waals surface area contributed by atoms with Gasteiger partial charge in [0.05, 0.1) is 6.61 Å². The maximum atomic E-state index is 5.14. The molecule has 1 aromatic carbocycles. The quantitative estimate of drug-likeness (QED) is 0.822. The Morgan fingerprint density at radius 1 is 1.17 bits per heavy atom. The molecule has 3 heteroatoms. The minimum absolute atomic E-state index is 0.767. The van der Waals surface area contributed by atoms with Gasteiger partial charge in [0, 0.05) is 19.3 Å². The van der Waals surface area contributed by atoms with Crippen molar-refractivity contribution in [2.75, 3.05) is 25.6 Å². The van der Waals surface area contributed by atoms with E-state index in [0.29, 0.717) is 0 Å². The van der Waals surface area contributed by atoms with Crippen molar-refractivity contribution in [2.45, 2.75) is 12.8 Å². The maximum Gasteiger partial charge on any atom is 0.0503 e. The summed E-state index contributed by atoms with van der Waals surface area (Å²) in [6.45, 7) is 1.74. The van der Waals surface area contributed by atoms with Crippen LogP contribution in [0.5, 0.6) is 0 Å². The van der Waals surface area contributed by atoms with Crippen LogP contribution in [0.4, 0.5) is 5.69 Å². The molecule has 0 fully saturated rings. The van der Waals surface area contributed by atoms with Gasteiger partial charge in [-0.1, -0.05) is 18.2 Å². The van der Waals surface area contributed by atoms with Gasteiger partial charge in [-0.15, -0.1) is 0 Å². The summed E-state index contributed by atoms with van der Waals surface area (Å²) in [4.78, 5) is 0. The molecule has 0 amide bonds. The molecule has 0 bridgehead atoms. The van der Waals surface area contributed by atoms with Crippen molar-refractivity contribution in [3.63, 3.8) is 0 Å². The van der Waals surface area contributed by atoms with Gasteiger partial charge in [0.2, 0.25) is 0 Å². The molecule has 2 nitrogen and oxygen atoms in total. The summed E-state index contributed by atoms with van der Waals surface area (Å²) in [5, 5.41) is 7.84. The molecule has 0 radical (unpaired) electrons. The minimum Gasteiger partial charge on any atom is -0.384 e. The van der Waals surface area contributed by atoms with Crippen molar-refractivity contribution in [3.05, 3.63) is 52.2 Å². The highest BCUT2D eigenvalue weighted by atomic mass is 32.1. The van der Waals surface area contributed by atoms with E-state index < -0.39 is 0 Å². The van der Waals surface area contributed by atoms with Crippen LogP contribution in [0.1, 0.15) is 11.1 Å². The first-order valence-corrected chi connectivity index (χ1v) is 7.16. The summed E-state index contributed by atoms with van der Waals surface area (Å²) in [5.74, 6) is 0. The zero-order valence-electron chi connectivity index (χ0n) is 10.7. The van der Waals surface area contributed by atoms with E-state index in [1.165, 1.54) is 16.8 Å². The van der Waals surface area contributed by atoms with E-state index in [9.17, 15) is 0 Å². The predicted octanol–water partition coefficient (Wildman–Crippen LogP) is 3.59. The lowest BCUT2D eigenvalue weighted by atomic mass is 10.1. The molecule has 2 rings (SSSR count). The summed E-state index contributed by atoms with van der Waals surface area (Å²) in [7, 11) is 1.74. The number of methoxy groups -OCH3 is 1. The predicted molar refractivity (Wildman–Crippen MR) is 78.5 cm³/mol. The fourth-order valence-corrected chi connectivity index (χ4v) is 2.60. The molecular weight excluding hydrogens is 242 g/mol. The fourth-order valence-electron chi connectivity index (χ4n) is 1.90. The molecule has 0 aliphatic heterocycles. The van der Waals surface area contributed by atoms with Gasteiger partial charge in [0.25, 0.3) is 0 Å². The summed E-state index contributed by atoms with van der Waals surface area (Å²) >= 11 is 1.76. The second-order valence-electron chi connectivity index (χ2n) is 4.21. The second kappa shape index (κ2) is 7.19. The molecule has 1 aromatic heterocycles. The molecule has 18 heavy (non-hydrogen) atoms. The third-order valence-electron chi connectivity index (χ3n) is 2.90. The Kier molecular flexibility index (Phi) is 5.24. The molecular formula is C15H19NOS. The number of rotatable bonds is 7. The fraction of sp³-hybridized carbons (Fsp3) is 0.333. The molecule has 0 atom stereocenters. The van der Waals surface area contributed by atoms with Gasteiger partial charge < -0.3 is 10.1 Å². The van der Waals surface area contributed by atoms with E-state index in [1.54, 1.807) is 18.4 Å². The van der Waals surface area contributed by atoms with Gasteiger partial charge in [0.15, 0.2) is 0 Å². The van der Waals surface area contributed by atoms with Crippen LogP contribution in [-0.2, 0) is 17.6 Å². The molecule has 1 N–H and O–H groups in total. The third-order valence-corrected chi connectivity index (χ3v) is 3.63. The monoisotopic (exact) mass is 261 g/mol. The van der Waals surface area contributed by atoms with E-state index in [1.807, 2.05) is 0 Å². The van der Waals surface area contributed by atoms with Crippen molar-refractivity contribution in [1.29, 1.82) is 0 Å². The van der Waals surface area contributed by atoms with Gasteiger partial charge in [0.1, 0.15) is 0 Å². The molecule has 1 heterocycles. The highest BCUT2D eigenvalue weighted by molar-refractivity contribution is 7.07. The molecule has 0 saturated carbocycles. The van der Waals surface area contributed by atoms with E-state index in [2.05, 4.69) is 46.4 Å². The normalized spacial score (nSPS) is 10.5. The number of hydrogen-bond acceptors (Lipinski definition) is 3. The summed E-state index contributed by atoms with van der Waals surface area (Å²) in [6, 6.07) is 10.6. The molecule has 2 aromatic rings. The number of nitrogens with one attached hydrogen (secondary N) is 1. The maximum absolute atomic E-state index is 5.14. The Bertz CT molecular complexity index is 453. The Hall–Kier alpha value is -1.32. The van der Waals surface area contributed by atoms with Crippen molar-refractivity contribution in [2.24, 2.45) is 0 Å². The number of benzene rings is 1. The van der Waals surface area contributed by atoms with Crippen LogP contribution in [0.2, 0.25) is 0 Å². The van der Waals surface area contributed by atoms with Crippen LogP contribution in [0.15, 0.2) is 41.1 Å². The first kappa shape index (κ1) is 13.1. The first-order valence-electron chi connectivity index (χ1n) is 6.22. The molecule has 0 spiro atoms. The lowest BCUT2D eigenvalue weighted by molar-refractivity contribution is 0.202. The topological polar surface area (TPSA) is 21.3 Å². The van der Waals surface area contributed by atoms with Gasteiger partial charge in [-0.2, -0.15) is 11.3 Å². The average Bonchev–Trinajstić information content (AvgIpc) is 2.91. The lowest BCUT2D eigenvalue weighted by Crippen LogP contribution is -2.07. The van der Waals surface area contributed by atoms with Crippen molar-refractivity contribution < 1.29 is 4.74 Å². The van der Waals surface area contributed by atoms with E-state index in [-0.39, 0.29) is 0 Å². The van der Waals surface area contributed by atoms with Crippen LogP contribution in [0, 0.1) is 0 Å². The van der Waals surface area contributed by atoms with Crippen LogP contribution < -0.4 is 5.32 Å². The Balaban J connectivity index is 1.87. The van der Waals surface area contributed by atoms with E-state index >= 15 is 0 Å². The lowest BCUT2D eigenvalue weighted by Gasteiger charge is -2.11. The van der Waals surface area contributed by atoms with Crippen LogP contribution in [0.25, 0.3) is 0 Å². The number of thiophene rings is 1. The van der Waals surface area contributed by atoms with Crippen molar-refractivity contribution in [1.82, 2.24) is 0 Å². The summed E-state index contributed by atoms with van der Waals surface area (Å²) < 4.78 is 5.14. The molecule has 0 aliphatic rings. The molecule has 0 unspecified atom stereocenters.